The second-order valence-electron chi connectivity index (χ2n) is 8.70. The Morgan fingerprint density at radius 3 is 2.15 bits per heavy atom. The Hall–Kier alpha value is -2.97. The average molecular weight is 467 g/mol. The van der Waals surface area contributed by atoms with Crippen molar-refractivity contribution in [1.29, 1.82) is 0 Å². The summed E-state index contributed by atoms with van der Waals surface area (Å²) in [5.41, 5.74) is 5.15. The number of rotatable bonds is 5. The van der Waals surface area contributed by atoms with E-state index in [1.807, 2.05) is 64.1 Å². The van der Waals surface area contributed by atoms with Crippen molar-refractivity contribution in [3.63, 3.8) is 0 Å². The summed E-state index contributed by atoms with van der Waals surface area (Å²) in [6.07, 6.45) is 3.33. The molecule has 1 aliphatic heterocycles. The minimum atomic E-state index is -3.63. The number of aryl methyl sites for hydroxylation is 2. The number of hydrogen-bond acceptors (Lipinski definition) is 4. The van der Waals surface area contributed by atoms with Crippen LogP contribution in [0, 0.1) is 27.7 Å². The minimum Gasteiger partial charge on any atom is -0.336 e. The van der Waals surface area contributed by atoms with Crippen LogP contribution in [-0.2, 0) is 16.6 Å². The Morgan fingerprint density at radius 2 is 1.55 bits per heavy atom. The van der Waals surface area contributed by atoms with Gasteiger partial charge < -0.3 is 4.90 Å². The lowest BCUT2D eigenvalue weighted by atomic mass is 10.0. The number of nitrogens with zero attached hydrogens (tertiary/aromatic N) is 4. The second kappa shape index (κ2) is 9.11. The fourth-order valence-electron chi connectivity index (χ4n) is 4.34. The van der Waals surface area contributed by atoms with E-state index in [9.17, 15) is 13.2 Å². The molecule has 0 bridgehead atoms. The first-order valence-electron chi connectivity index (χ1n) is 11.1. The van der Waals surface area contributed by atoms with Crippen LogP contribution in [0.1, 0.15) is 38.2 Å². The van der Waals surface area contributed by atoms with Gasteiger partial charge in [-0.05, 0) is 55.5 Å². The van der Waals surface area contributed by atoms with E-state index in [1.54, 1.807) is 22.0 Å². The van der Waals surface area contributed by atoms with Gasteiger partial charge in [-0.3, -0.25) is 9.48 Å². The summed E-state index contributed by atoms with van der Waals surface area (Å²) in [6.45, 7) is 9.45. The first-order valence-corrected chi connectivity index (χ1v) is 12.6. The lowest BCUT2D eigenvalue weighted by Gasteiger charge is -2.34. The fourth-order valence-corrected chi connectivity index (χ4v) is 6.34. The number of carbonyl (C=O) groups excluding carboxylic acids is 1. The van der Waals surface area contributed by atoms with Gasteiger partial charge in [0, 0.05) is 32.4 Å². The van der Waals surface area contributed by atoms with Crippen molar-refractivity contribution in [1.82, 2.24) is 19.0 Å². The van der Waals surface area contributed by atoms with Crippen LogP contribution in [0.3, 0.4) is 0 Å². The van der Waals surface area contributed by atoms with Crippen LogP contribution in [0.25, 0.3) is 0 Å². The molecule has 1 aromatic heterocycles. The number of benzene rings is 2. The van der Waals surface area contributed by atoms with E-state index in [4.69, 9.17) is 0 Å². The minimum absolute atomic E-state index is 0.120. The second-order valence-corrected chi connectivity index (χ2v) is 10.6. The van der Waals surface area contributed by atoms with Crippen LogP contribution in [0.15, 0.2) is 53.7 Å². The first-order chi connectivity index (χ1) is 15.7. The highest BCUT2D eigenvalue weighted by molar-refractivity contribution is 7.89. The molecule has 0 saturated carbocycles. The predicted octanol–water partition coefficient (Wildman–Crippen LogP) is 3.31. The van der Waals surface area contributed by atoms with Crippen molar-refractivity contribution >= 4 is 15.9 Å². The zero-order chi connectivity index (χ0) is 23.8. The largest absolute Gasteiger partial charge is 0.336 e. The van der Waals surface area contributed by atoms with Crippen LogP contribution in [0.2, 0.25) is 0 Å². The van der Waals surface area contributed by atoms with Gasteiger partial charge in [-0.25, -0.2) is 8.42 Å². The molecule has 7 nitrogen and oxygen atoms in total. The Morgan fingerprint density at radius 1 is 0.939 bits per heavy atom. The Kier molecular flexibility index (Phi) is 6.41. The maximum atomic E-state index is 13.5. The number of carbonyl (C=O) groups is 1. The maximum Gasteiger partial charge on any atom is 0.257 e. The highest BCUT2D eigenvalue weighted by Gasteiger charge is 2.33. The van der Waals surface area contributed by atoms with Gasteiger partial charge in [0.05, 0.1) is 23.2 Å². The van der Waals surface area contributed by atoms with Gasteiger partial charge in [-0.2, -0.15) is 9.40 Å². The summed E-state index contributed by atoms with van der Waals surface area (Å²) in [4.78, 5) is 15.1. The molecule has 0 unspecified atom stereocenters. The van der Waals surface area contributed by atoms with Gasteiger partial charge in [0.2, 0.25) is 10.0 Å². The number of amides is 1. The molecule has 0 radical (unpaired) electrons. The van der Waals surface area contributed by atoms with Crippen LogP contribution in [0.5, 0.6) is 0 Å². The number of piperazine rings is 1. The zero-order valence-electron chi connectivity index (χ0n) is 19.6. The molecule has 0 spiro atoms. The van der Waals surface area contributed by atoms with Crippen molar-refractivity contribution < 1.29 is 13.2 Å². The summed E-state index contributed by atoms with van der Waals surface area (Å²) < 4.78 is 30.2. The Balaban J connectivity index is 1.45. The van der Waals surface area contributed by atoms with Crippen molar-refractivity contribution in [2.75, 3.05) is 26.2 Å². The molecule has 4 rings (SSSR count). The number of sulfonamides is 1. The van der Waals surface area contributed by atoms with Crippen LogP contribution >= 0.6 is 0 Å². The third kappa shape index (κ3) is 4.58. The molecule has 3 aromatic rings. The predicted molar refractivity (Wildman–Crippen MR) is 128 cm³/mol. The highest BCUT2D eigenvalue weighted by atomic mass is 32.2. The summed E-state index contributed by atoms with van der Waals surface area (Å²) in [5, 5.41) is 4.32. The molecule has 2 heterocycles. The molecule has 1 fully saturated rings. The molecule has 174 valence electrons. The summed E-state index contributed by atoms with van der Waals surface area (Å²) in [6, 6.07) is 12.0. The van der Waals surface area contributed by atoms with Gasteiger partial charge in [-0.15, -0.1) is 0 Å². The van der Waals surface area contributed by atoms with E-state index in [2.05, 4.69) is 5.10 Å². The van der Waals surface area contributed by atoms with Gasteiger partial charge >= 0.3 is 0 Å². The number of hydrogen-bond donors (Lipinski definition) is 0. The molecular formula is C25H30N4O3S. The molecule has 8 heteroatoms. The highest BCUT2D eigenvalue weighted by Crippen LogP contribution is 2.29. The molecule has 0 N–H and O–H groups in total. The molecular weight excluding hydrogens is 436 g/mol. The first kappa shape index (κ1) is 23.2. The third-order valence-electron chi connectivity index (χ3n) is 6.49. The van der Waals surface area contributed by atoms with E-state index in [0.717, 1.165) is 27.8 Å². The van der Waals surface area contributed by atoms with Crippen molar-refractivity contribution in [3.05, 3.63) is 82.2 Å². The molecule has 1 aliphatic rings. The van der Waals surface area contributed by atoms with E-state index in [-0.39, 0.29) is 19.0 Å². The van der Waals surface area contributed by atoms with E-state index >= 15 is 0 Å². The quantitative estimate of drug-likeness (QED) is 0.578. The standard InChI is InChI=1S/C25H30N4O3S/c1-18-14-19(2)21(4)24(20(18)3)33(31,32)29-12-10-27(11-13-29)25(30)23-15-26-28(17-23)16-22-8-6-5-7-9-22/h5-9,14-15,17H,10-13,16H2,1-4H3. The smallest absolute Gasteiger partial charge is 0.257 e. The van der Waals surface area contributed by atoms with Crippen LogP contribution < -0.4 is 0 Å². The summed E-state index contributed by atoms with van der Waals surface area (Å²) in [5.74, 6) is -0.120. The van der Waals surface area contributed by atoms with Crippen molar-refractivity contribution in [2.45, 2.75) is 39.1 Å². The molecule has 33 heavy (non-hydrogen) atoms. The monoisotopic (exact) mass is 466 g/mol. The average Bonchev–Trinajstić information content (AvgIpc) is 3.26. The van der Waals surface area contributed by atoms with E-state index < -0.39 is 10.0 Å². The van der Waals surface area contributed by atoms with Gasteiger partial charge in [-0.1, -0.05) is 36.4 Å². The molecule has 1 saturated heterocycles. The van der Waals surface area contributed by atoms with Gasteiger partial charge in [0.1, 0.15) is 0 Å². The molecule has 1 amide bonds. The van der Waals surface area contributed by atoms with Crippen molar-refractivity contribution in [2.24, 2.45) is 0 Å². The lowest BCUT2D eigenvalue weighted by Crippen LogP contribution is -2.50. The molecule has 0 aliphatic carbocycles. The topological polar surface area (TPSA) is 75.5 Å². The van der Waals surface area contributed by atoms with E-state index in [0.29, 0.717) is 30.1 Å². The Labute approximate surface area is 195 Å². The number of aromatic nitrogens is 2. The van der Waals surface area contributed by atoms with Crippen LogP contribution in [0.4, 0.5) is 0 Å². The Bertz CT molecular complexity index is 1250. The lowest BCUT2D eigenvalue weighted by molar-refractivity contribution is 0.0697. The SMILES string of the molecule is Cc1cc(C)c(C)c(S(=O)(=O)N2CCN(C(=O)c3cnn(Cc4ccccc4)c3)CC2)c1C. The normalized spacial score (nSPS) is 15.1. The zero-order valence-corrected chi connectivity index (χ0v) is 20.4. The third-order valence-corrected chi connectivity index (χ3v) is 8.66. The summed E-state index contributed by atoms with van der Waals surface area (Å²) in [7, 11) is -3.63. The molecule has 0 atom stereocenters. The van der Waals surface area contributed by atoms with Gasteiger partial charge in [0.15, 0.2) is 0 Å². The van der Waals surface area contributed by atoms with Crippen molar-refractivity contribution in [3.8, 4) is 0 Å². The van der Waals surface area contributed by atoms with Crippen LogP contribution in [-0.4, -0.2) is 59.5 Å². The fraction of sp³-hybridized carbons (Fsp3) is 0.360. The molecule has 2 aromatic carbocycles. The van der Waals surface area contributed by atoms with Gasteiger partial charge in [0.25, 0.3) is 5.91 Å². The maximum absolute atomic E-state index is 13.5. The summed E-state index contributed by atoms with van der Waals surface area (Å²) >= 11 is 0. The van der Waals surface area contributed by atoms with E-state index in [1.165, 1.54) is 4.31 Å².